The van der Waals surface area contributed by atoms with E-state index >= 15 is 0 Å². The number of hydrogen-bond acceptors (Lipinski definition) is 8. The highest BCUT2D eigenvalue weighted by Crippen LogP contribution is 2.43. The van der Waals surface area contributed by atoms with E-state index in [1.807, 2.05) is 0 Å². The standard InChI is InChI=1S/C20H21Cl2N3O2S3/c1-19(2,3)9-28-10-20(18(27)14-8-16(22)25-30-14)5-4-11(23)6-12(20)17(26)13-7-15(21)24-29-13/h4-8,11H,9-10,23H2,1-3H3. The summed E-state index contributed by atoms with van der Waals surface area (Å²) in [4.78, 5) is 27.9. The molecule has 1 aliphatic carbocycles. The van der Waals surface area contributed by atoms with Gasteiger partial charge in [0.2, 0.25) is 5.78 Å². The molecule has 5 nitrogen and oxygen atoms in total. The minimum absolute atomic E-state index is 0.0660. The van der Waals surface area contributed by atoms with Gasteiger partial charge in [0, 0.05) is 17.4 Å². The molecule has 2 aromatic rings. The van der Waals surface area contributed by atoms with Crippen LogP contribution in [0.25, 0.3) is 0 Å². The molecule has 160 valence electrons. The van der Waals surface area contributed by atoms with Crippen molar-refractivity contribution in [2.75, 3.05) is 11.5 Å². The van der Waals surface area contributed by atoms with Crippen molar-refractivity contribution in [2.24, 2.45) is 16.6 Å². The lowest BCUT2D eigenvalue weighted by Crippen LogP contribution is -2.41. The molecule has 0 bridgehead atoms. The highest BCUT2D eigenvalue weighted by atomic mass is 35.5. The van der Waals surface area contributed by atoms with Gasteiger partial charge >= 0.3 is 0 Å². The number of nitrogens with two attached hydrogens (primary N) is 1. The van der Waals surface area contributed by atoms with Crippen molar-refractivity contribution in [3.05, 3.63) is 56.0 Å². The van der Waals surface area contributed by atoms with Gasteiger partial charge in [-0.3, -0.25) is 9.59 Å². The van der Waals surface area contributed by atoms with Gasteiger partial charge in [-0.25, -0.2) is 0 Å². The molecule has 2 heterocycles. The first-order valence-electron chi connectivity index (χ1n) is 9.11. The van der Waals surface area contributed by atoms with Crippen LogP contribution in [0.2, 0.25) is 10.3 Å². The summed E-state index contributed by atoms with van der Waals surface area (Å²) in [6.07, 6.45) is 5.18. The van der Waals surface area contributed by atoms with E-state index in [1.165, 1.54) is 6.07 Å². The number of allylic oxidation sites excluding steroid dienone is 2. The normalized spacial score (nSPS) is 21.5. The summed E-state index contributed by atoms with van der Waals surface area (Å²) in [6, 6.07) is 2.59. The number of hydrogen-bond donors (Lipinski definition) is 1. The third-order valence-corrected chi connectivity index (χ3v) is 8.26. The van der Waals surface area contributed by atoms with Crippen LogP contribution in [0.3, 0.4) is 0 Å². The molecule has 3 rings (SSSR count). The molecule has 0 radical (unpaired) electrons. The van der Waals surface area contributed by atoms with Crippen LogP contribution in [0, 0.1) is 10.8 Å². The van der Waals surface area contributed by atoms with Crippen molar-refractivity contribution in [3.8, 4) is 0 Å². The van der Waals surface area contributed by atoms with Crippen LogP contribution in [0.1, 0.15) is 40.1 Å². The predicted molar refractivity (Wildman–Crippen MR) is 127 cm³/mol. The van der Waals surface area contributed by atoms with E-state index in [0.29, 0.717) is 21.1 Å². The maximum absolute atomic E-state index is 13.7. The SMILES string of the molecule is CC(C)(C)CSCC1(C(=O)c2cc(Cl)ns2)C=CC(N)C=C1C(=O)c1cc(Cl)ns1. The molecular weight excluding hydrogens is 481 g/mol. The molecule has 0 saturated heterocycles. The Morgan fingerprint density at radius 2 is 1.77 bits per heavy atom. The van der Waals surface area contributed by atoms with Gasteiger partial charge in [-0.1, -0.05) is 62.2 Å². The summed E-state index contributed by atoms with van der Waals surface area (Å²) < 4.78 is 8.02. The molecule has 0 spiro atoms. The molecule has 1 aliphatic rings. The quantitative estimate of drug-likeness (QED) is 0.394. The number of carbonyl (C=O) groups is 2. The first kappa shape index (κ1) is 23.6. The fourth-order valence-corrected chi connectivity index (χ4v) is 6.26. The zero-order valence-corrected chi connectivity index (χ0v) is 20.6. The van der Waals surface area contributed by atoms with Crippen LogP contribution in [0.4, 0.5) is 0 Å². The van der Waals surface area contributed by atoms with Crippen LogP contribution < -0.4 is 5.73 Å². The summed E-state index contributed by atoms with van der Waals surface area (Å²) in [7, 11) is 0. The number of thioether (sulfide) groups is 1. The second-order valence-electron chi connectivity index (χ2n) is 8.23. The van der Waals surface area contributed by atoms with Crippen molar-refractivity contribution in [1.82, 2.24) is 8.75 Å². The highest BCUT2D eigenvalue weighted by Gasteiger charge is 2.46. The van der Waals surface area contributed by atoms with Gasteiger partial charge in [0.25, 0.3) is 0 Å². The van der Waals surface area contributed by atoms with Crippen molar-refractivity contribution >= 4 is 69.6 Å². The second kappa shape index (κ2) is 9.22. The van der Waals surface area contributed by atoms with Gasteiger partial charge < -0.3 is 5.73 Å². The number of Topliss-reactive ketones (excluding diaryl/α,β-unsaturated/α-hetero) is 2. The fraction of sp³-hybridized carbons (Fsp3) is 0.400. The van der Waals surface area contributed by atoms with E-state index in [-0.39, 0.29) is 27.3 Å². The van der Waals surface area contributed by atoms with E-state index in [9.17, 15) is 9.59 Å². The molecule has 0 aromatic carbocycles. The summed E-state index contributed by atoms with van der Waals surface area (Å²) in [5, 5.41) is 0.497. The Kier molecular flexibility index (Phi) is 7.26. The average Bonchev–Trinajstić information content (AvgIpc) is 3.29. The molecule has 0 amide bonds. The van der Waals surface area contributed by atoms with E-state index < -0.39 is 11.5 Å². The molecule has 2 N–H and O–H groups in total. The van der Waals surface area contributed by atoms with Crippen LogP contribution in [0.5, 0.6) is 0 Å². The van der Waals surface area contributed by atoms with Gasteiger partial charge in [0.15, 0.2) is 5.78 Å². The van der Waals surface area contributed by atoms with E-state index in [2.05, 4.69) is 29.5 Å². The van der Waals surface area contributed by atoms with E-state index in [0.717, 1.165) is 28.8 Å². The van der Waals surface area contributed by atoms with Crippen molar-refractivity contribution in [2.45, 2.75) is 26.8 Å². The lowest BCUT2D eigenvalue weighted by molar-refractivity contribution is 0.0872. The Morgan fingerprint density at radius 1 is 1.17 bits per heavy atom. The number of carbonyl (C=O) groups excluding carboxylic acids is 2. The molecule has 2 atom stereocenters. The Labute approximate surface area is 198 Å². The third kappa shape index (κ3) is 5.23. The number of aromatic nitrogens is 2. The summed E-state index contributed by atoms with van der Waals surface area (Å²) in [5.41, 5.74) is 5.34. The first-order valence-corrected chi connectivity index (χ1v) is 12.6. The predicted octanol–water partition coefficient (Wildman–Crippen LogP) is 5.56. The highest BCUT2D eigenvalue weighted by molar-refractivity contribution is 7.99. The van der Waals surface area contributed by atoms with Crippen LogP contribution in [0.15, 0.2) is 35.9 Å². The summed E-state index contributed by atoms with van der Waals surface area (Å²) in [6.45, 7) is 6.39. The monoisotopic (exact) mass is 501 g/mol. The molecule has 0 fully saturated rings. The number of halogens is 2. The minimum Gasteiger partial charge on any atom is -0.321 e. The summed E-state index contributed by atoms with van der Waals surface area (Å²) >= 11 is 15.6. The largest absolute Gasteiger partial charge is 0.321 e. The van der Waals surface area contributed by atoms with Gasteiger partial charge in [-0.05, 0) is 46.4 Å². The topological polar surface area (TPSA) is 85.9 Å². The smallest absolute Gasteiger partial charge is 0.201 e. The minimum atomic E-state index is -1.17. The fourth-order valence-electron chi connectivity index (χ4n) is 3.02. The average molecular weight is 503 g/mol. The third-order valence-electron chi connectivity index (χ3n) is 4.37. The van der Waals surface area contributed by atoms with Crippen LogP contribution in [-0.2, 0) is 0 Å². The van der Waals surface area contributed by atoms with Crippen molar-refractivity contribution in [1.29, 1.82) is 0 Å². The van der Waals surface area contributed by atoms with Crippen molar-refractivity contribution < 1.29 is 9.59 Å². The van der Waals surface area contributed by atoms with Crippen LogP contribution >= 0.6 is 58.0 Å². The van der Waals surface area contributed by atoms with Crippen LogP contribution in [-0.4, -0.2) is 37.9 Å². The van der Waals surface area contributed by atoms with Gasteiger partial charge in [-0.15, -0.1) is 0 Å². The molecular formula is C20H21Cl2N3O2S3. The zero-order valence-electron chi connectivity index (χ0n) is 16.6. The zero-order chi connectivity index (χ0) is 22.1. The Bertz CT molecular complexity index is 1020. The Hall–Kier alpha value is -1.03. The van der Waals surface area contributed by atoms with E-state index in [4.69, 9.17) is 28.9 Å². The molecule has 2 aromatic heterocycles. The Balaban J connectivity index is 2.06. The number of nitrogens with zero attached hydrogens (tertiary/aromatic N) is 2. The second-order valence-corrected chi connectivity index (χ2v) is 11.6. The summed E-state index contributed by atoms with van der Waals surface area (Å²) in [5.74, 6) is 0.705. The van der Waals surface area contributed by atoms with Gasteiger partial charge in [0.05, 0.1) is 15.2 Å². The van der Waals surface area contributed by atoms with Gasteiger partial charge in [0.1, 0.15) is 10.3 Å². The maximum Gasteiger partial charge on any atom is 0.201 e. The molecule has 0 saturated carbocycles. The maximum atomic E-state index is 13.7. The molecule has 30 heavy (non-hydrogen) atoms. The lowest BCUT2D eigenvalue weighted by Gasteiger charge is -2.34. The first-order chi connectivity index (χ1) is 14.0. The van der Waals surface area contributed by atoms with Gasteiger partial charge in [-0.2, -0.15) is 20.5 Å². The van der Waals surface area contributed by atoms with Crippen molar-refractivity contribution in [3.63, 3.8) is 0 Å². The Morgan fingerprint density at radius 3 is 2.30 bits per heavy atom. The molecule has 10 heteroatoms. The lowest BCUT2D eigenvalue weighted by atomic mass is 9.71. The molecule has 2 unspecified atom stereocenters. The molecule has 0 aliphatic heterocycles. The van der Waals surface area contributed by atoms with E-state index in [1.54, 1.807) is 36.1 Å². The number of ketones is 2. The number of rotatable bonds is 7.